The van der Waals surface area contributed by atoms with Gasteiger partial charge >= 0.3 is 6.03 Å². The molecule has 0 aromatic heterocycles. The predicted molar refractivity (Wildman–Crippen MR) is 150 cm³/mol. The third-order valence-electron chi connectivity index (χ3n) is 5.56. The van der Waals surface area contributed by atoms with Crippen LogP contribution in [0.1, 0.15) is 6.92 Å². The number of carbonyl (C=O) groups excluding carboxylic acids is 3. The Bertz CT molecular complexity index is 698. The van der Waals surface area contributed by atoms with E-state index in [4.69, 9.17) is 0 Å². The van der Waals surface area contributed by atoms with E-state index in [1.54, 1.807) is 4.67 Å². The summed E-state index contributed by atoms with van der Waals surface area (Å²) in [5.41, 5.74) is 3.10. The number of nitrogens with one attached hydrogen (secondary N) is 2. The molecule has 4 amide bonds. The number of hydrazine groups is 1. The summed E-state index contributed by atoms with van der Waals surface area (Å²) in [5.74, 6) is -0.436. The highest BCUT2D eigenvalue weighted by atomic mass is 28.4. The van der Waals surface area contributed by atoms with Gasteiger partial charge in [-0.05, 0) is 19.6 Å². The Balaban J connectivity index is 6.77. The fraction of sp³-hybridized carbons (Fsp3) is 0.850. The molecule has 0 heterocycles. The van der Waals surface area contributed by atoms with Crippen molar-refractivity contribution in [3.8, 4) is 0 Å². The van der Waals surface area contributed by atoms with Gasteiger partial charge in [0.2, 0.25) is 5.91 Å². The van der Waals surface area contributed by atoms with Gasteiger partial charge in [-0.3, -0.25) is 19.7 Å². The molecule has 0 atom stereocenters. The maximum atomic E-state index is 14.2. The molecule has 12 heteroatoms. The molecule has 0 aromatic rings. The van der Waals surface area contributed by atoms with E-state index in [9.17, 15) is 14.4 Å². The van der Waals surface area contributed by atoms with Crippen LogP contribution in [-0.2, 0) is 9.59 Å². The molecule has 2 N–H and O–H groups in total. The molecule has 0 spiro atoms. The average Bonchev–Trinajstić information content (AvgIpc) is 2.42. The summed E-state index contributed by atoms with van der Waals surface area (Å²) >= 11 is 0. The van der Waals surface area contributed by atoms with E-state index in [0.29, 0.717) is 0 Å². The fourth-order valence-corrected chi connectivity index (χ4v) is 27.2. The summed E-state index contributed by atoms with van der Waals surface area (Å²) < 4.78 is 3.77. The van der Waals surface area contributed by atoms with Crippen LogP contribution >= 0.6 is 0 Å². The third-order valence-corrected chi connectivity index (χ3v) is 24.0. The minimum Gasteiger partial charge on any atom is -0.378 e. The summed E-state index contributed by atoms with van der Waals surface area (Å²) in [5, 5.41) is 3.11. The van der Waals surface area contributed by atoms with Gasteiger partial charge in [0.05, 0.1) is 20.9 Å². The van der Waals surface area contributed by atoms with Crippen LogP contribution in [0.25, 0.3) is 0 Å². The van der Waals surface area contributed by atoms with E-state index >= 15 is 0 Å². The Morgan fingerprint density at radius 1 is 0.625 bits per heavy atom. The molecule has 0 aromatic carbocycles. The van der Waals surface area contributed by atoms with Crippen molar-refractivity contribution in [3.05, 3.63) is 0 Å². The van der Waals surface area contributed by atoms with Crippen LogP contribution in [-0.4, -0.2) is 72.4 Å². The Hall–Kier alpha value is -0.706. The summed E-state index contributed by atoms with van der Waals surface area (Å²) in [6.07, 6.45) is 0. The summed E-state index contributed by atoms with van der Waals surface area (Å²) in [6.45, 7) is 33.5. The van der Waals surface area contributed by atoms with Gasteiger partial charge in [-0.25, -0.2) is 4.79 Å². The molecule has 0 aliphatic rings. The lowest BCUT2D eigenvalue weighted by Gasteiger charge is -2.53. The third kappa shape index (κ3) is 6.90. The standard InChI is InChI=1S/C20H50N4O3Si5/c1-17(25)21-20(28(2,3)4,29(5,6)7)18(26)22-23(30(8,9)10)19(27)24(31(11,12)13)32(14,15)16/h1-16H3,(H,21,25)(H,22,26). The normalized spacial score (nSPS) is 14.0. The molecule has 188 valence electrons. The highest BCUT2D eigenvalue weighted by Gasteiger charge is 2.59. The van der Waals surface area contributed by atoms with Gasteiger partial charge in [-0.1, -0.05) is 78.6 Å². The Morgan fingerprint density at radius 2 is 0.969 bits per heavy atom. The van der Waals surface area contributed by atoms with Gasteiger partial charge in [0.15, 0.2) is 8.24 Å². The molecule has 0 radical (unpaired) electrons. The van der Waals surface area contributed by atoms with Crippen molar-refractivity contribution in [2.45, 2.75) is 110 Å². The average molecular weight is 535 g/mol. The number of urea groups is 1. The largest absolute Gasteiger partial charge is 0.378 e. The van der Waals surface area contributed by atoms with Crippen molar-refractivity contribution >= 4 is 58.7 Å². The minimum atomic E-state index is -2.30. The molecular weight excluding hydrogens is 485 g/mol. The van der Waals surface area contributed by atoms with E-state index in [1.165, 1.54) is 6.92 Å². The number of carbonyl (C=O) groups is 3. The maximum absolute atomic E-state index is 14.2. The molecule has 0 unspecified atom stereocenters. The summed E-state index contributed by atoms with van der Waals surface area (Å²) in [7, 11) is -10.8. The monoisotopic (exact) mass is 534 g/mol. The molecule has 0 saturated carbocycles. The fourth-order valence-electron chi connectivity index (χ4n) is 4.87. The van der Waals surface area contributed by atoms with Crippen LogP contribution < -0.4 is 10.7 Å². The van der Waals surface area contributed by atoms with E-state index in [2.05, 4.69) is 113 Å². The van der Waals surface area contributed by atoms with Gasteiger partial charge < -0.3 is 9.55 Å². The molecule has 0 saturated heterocycles. The molecule has 0 bridgehead atoms. The number of hydrogen-bond donors (Lipinski definition) is 2. The van der Waals surface area contributed by atoms with Crippen LogP contribution in [0.5, 0.6) is 0 Å². The van der Waals surface area contributed by atoms with Crippen LogP contribution in [0.2, 0.25) is 98.2 Å². The lowest BCUT2D eigenvalue weighted by molar-refractivity contribution is -0.129. The molecule has 0 rings (SSSR count). The Kier molecular flexibility index (Phi) is 9.30. The quantitative estimate of drug-likeness (QED) is 0.361. The number of rotatable bonds is 7. The second-order valence-corrected chi connectivity index (χ2v) is 39.7. The van der Waals surface area contributed by atoms with Crippen molar-refractivity contribution < 1.29 is 14.4 Å². The SMILES string of the molecule is CC(=O)NC(C(=O)NN(C(=O)N([Si](C)(C)C)[Si](C)(C)C)[Si](C)(C)C)([Si](C)(C)C)[Si](C)(C)C. The smallest absolute Gasteiger partial charge is 0.314 e. The second-order valence-electron chi connectivity index (χ2n) is 13.8. The lowest BCUT2D eigenvalue weighted by atomic mass is 10.5. The van der Waals surface area contributed by atoms with E-state index < -0.39 is 45.6 Å². The van der Waals surface area contributed by atoms with Gasteiger partial charge in [-0.2, -0.15) is 0 Å². The van der Waals surface area contributed by atoms with Crippen LogP contribution in [0.4, 0.5) is 4.79 Å². The molecule has 32 heavy (non-hydrogen) atoms. The van der Waals surface area contributed by atoms with Crippen molar-refractivity contribution in [2.24, 2.45) is 0 Å². The van der Waals surface area contributed by atoms with E-state index in [-0.39, 0.29) is 17.8 Å². The molecule has 0 fully saturated rings. The molecular formula is C20H50N4O3Si5. The maximum Gasteiger partial charge on any atom is 0.314 e. The number of hydrogen-bond acceptors (Lipinski definition) is 3. The van der Waals surface area contributed by atoms with E-state index in [1.807, 2.05) is 0 Å². The first-order valence-electron chi connectivity index (χ1n) is 11.5. The molecule has 0 aliphatic carbocycles. The number of nitrogens with zero attached hydrogens (tertiary/aromatic N) is 2. The van der Waals surface area contributed by atoms with Gasteiger partial charge in [0.25, 0.3) is 5.91 Å². The predicted octanol–water partition coefficient (Wildman–Crippen LogP) is 4.88. The van der Waals surface area contributed by atoms with Gasteiger partial charge in [0.1, 0.15) is 16.5 Å². The Morgan fingerprint density at radius 3 is 1.19 bits per heavy atom. The Labute approximate surface area is 202 Å². The van der Waals surface area contributed by atoms with Crippen LogP contribution in [0, 0.1) is 0 Å². The van der Waals surface area contributed by atoms with Crippen LogP contribution in [0.15, 0.2) is 0 Å². The first-order valence-corrected chi connectivity index (χ1v) is 28.8. The van der Waals surface area contributed by atoms with Crippen molar-refractivity contribution in [3.63, 3.8) is 0 Å². The zero-order valence-electron chi connectivity index (χ0n) is 23.6. The first-order chi connectivity index (χ1) is 13.7. The van der Waals surface area contributed by atoms with Crippen molar-refractivity contribution in [1.82, 2.24) is 19.6 Å². The minimum absolute atomic E-state index is 0.0845. The highest BCUT2D eigenvalue weighted by molar-refractivity contribution is 7.03. The lowest BCUT2D eigenvalue weighted by Crippen LogP contribution is -2.83. The molecule has 7 nitrogen and oxygen atoms in total. The van der Waals surface area contributed by atoms with Crippen molar-refractivity contribution in [1.29, 1.82) is 0 Å². The number of amides is 4. The summed E-state index contributed by atoms with van der Waals surface area (Å²) in [6, 6.07) is -0.0845. The molecule has 0 aliphatic heterocycles. The van der Waals surface area contributed by atoms with Crippen molar-refractivity contribution in [2.75, 3.05) is 0 Å². The zero-order chi connectivity index (χ0) is 26.3. The highest BCUT2D eigenvalue weighted by Crippen LogP contribution is 2.32. The van der Waals surface area contributed by atoms with Gasteiger partial charge in [0, 0.05) is 6.92 Å². The van der Waals surface area contributed by atoms with Gasteiger partial charge in [-0.15, -0.1) is 0 Å². The summed E-state index contributed by atoms with van der Waals surface area (Å²) in [4.78, 5) is 39.6. The zero-order valence-corrected chi connectivity index (χ0v) is 28.6. The van der Waals surface area contributed by atoms with E-state index in [0.717, 1.165) is 0 Å². The topological polar surface area (TPSA) is 81.8 Å². The van der Waals surface area contributed by atoms with Crippen LogP contribution in [0.3, 0.4) is 0 Å². The second kappa shape index (κ2) is 9.51. The first kappa shape index (κ1) is 31.3.